The number of halogens is 2. The van der Waals surface area contributed by atoms with E-state index >= 15 is 0 Å². The van der Waals surface area contributed by atoms with Gasteiger partial charge in [0.25, 0.3) is 0 Å². The van der Waals surface area contributed by atoms with Crippen LogP contribution in [0.5, 0.6) is 0 Å². The fourth-order valence-electron chi connectivity index (χ4n) is 1.25. The molecule has 1 rings (SSSR count). The van der Waals surface area contributed by atoms with Crippen LogP contribution in [0.25, 0.3) is 0 Å². The molecule has 11 heavy (non-hydrogen) atoms. The number of rotatable bonds is 2. The first-order valence-electron chi connectivity index (χ1n) is 3.36. The topological polar surface area (TPSA) is 52.0 Å². The van der Waals surface area contributed by atoms with Gasteiger partial charge in [-0.15, -0.1) is 23.2 Å². The molecular formula is C6H12Cl2N2Pt. The van der Waals surface area contributed by atoms with Gasteiger partial charge in [-0.2, -0.15) is 0 Å². The second kappa shape index (κ2) is 3.93. The van der Waals surface area contributed by atoms with Gasteiger partial charge in [-0.1, -0.05) is 0 Å². The van der Waals surface area contributed by atoms with Crippen LogP contribution in [0.1, 0.15) is 12.8 Å². The third kappa shape index (κ3) is 1.76. The summed E-state index contributed by atoms with van der Waals surface area (Å²) in [5, 5.41) is 0. The summed E-state index contributed by atoms with van der Waals surface area (Å²) >= 11 is 11.9. The molecule has 5 heteroatoms. The van der Waals surface area contributed by atoms with E-state index in [4.69, 9.17) is 34.7 Å². The van der Waals surface area contributed by atoms with Crippen molar-refractivity contribution in [3.05, 3.63) is 0 Å². The van der Waals surface area contributed by atoms with Crippen LogP contribution in [0, 0.1) is 5.41 Å². The average molecular weight is 378 g/mol. The van der Waals surface area contributed by atoms with Crippen molar-refractivity contribution in [2.45, 2.75) is 17.2 Å². The van der Waals surface area contributed by atoms with Gasteiger partial charge in [0.2, 0.25) is 0 Å². The molecule has 0 radical (unpaired) electrons. The van der Waals surface area contributed by atoms with Crippen LogP contribution in [0.3, 0.4) is 0 Å². The molecule has 0 bridgehead atoms. The first-order chi connectivity index (χ1) is 4.58. The summed E-state index contributed by atoms with van der Waals surface area (Å²) in [6.45, 7) is 0.965. The van der Waals surface area contributed by atoms with E-state index in [2.05, 4.69) is 0 Å². The Balaban J connectivity index is 0.000001000. The quantitative estimate of drug-likeness (QED) is 0.701. The van der Waals surface area contributed by atoms with Crippen LogP contribution in [-0.4, -0.2) is 17.4 Å². The fourth-order valence-corrected chi connectivity index (χ4v) is 1.94. The zero-order valence-corrected chi connectivity index (χ0v) is 9.84. The zero-order valence-electron chi connectivity index (χ0n) is 6.06. The predicted octanol–water partition coefficient (Wildman–Crippen LogP) is 0.855. The van der Waals surface area contributed by atoms with E-state index in [1.165, 1.54) is 0 Å². The number of hydrogen-bond donors (Lipinski definition) is 2. The SMILES string of the molecule is NCC1(CN)CCC1(Cl)Cl.[Pt]. The molecule has 0 atom stereocenters. The summed E-state index contributed by atoms with van der Waals surface area (Å²) in [5.41, 5.74) is 10.8. The Kier molecular flexibility index (Phi) is 4.36. The minimum Gasteiger partial charge on any atom is -0.330 e. The molecule has 1 fully saturated rings. The Hall–Kier alpha value is 1.19. The Labute approximate surface area is 91.2 Å². The monoisotopic (exact) mass is 377 g/mol. The third-order valence-electron chi connectivity index (χ3n) is 2.47. The molecule has 0 amide bonds. The number of hydrogen-bond acceptors (Lipinski definition) is 2. The predicted molar refractivity (Wildman–Crippen MR) is 44.2 cm³/mol. The maximum atomic E-state index is 5.93. The summed E-state index contributed by atoms with van der Waals surface area (Å²) in [6, 6.07) is 0. The van der Waals surface area contributed by atoms with Gasteiger partial charge >= 0.3 is 0 Å². The van der Waals surface area contributed by atoms with Crippen molar-refractivity contribution in [3.63, 3.8) is 0 Å². The summed E-state index contributed by atoms with van der Waals surface area (Å²) in [7, 11) is 0. The third-order valence-corrected chi connectivity index (χ3v) is 3.65. The first-order valence-corrected chi connectivity index (χ1v) is 4.11. The number of alkyl halides is 2. The molecule has 0 aromatic carbocycles. The molecule has 0 heterocycles. The van der Waals surface area contributed by atoms with Crippen molar-refractivity contribution in [3.8, 4) is 0 Å². The second-order valence-corrected chi connectivity index (χ2v) is 4.38. The van der Waals surface area contributed by atoms with Crippen LogP contribution >= 0.6 is 23.2 Å². The van der Waals surface area contributed by atoms with E-state index in [1.54, 1.807) is 0 Å². The van der Waals surface area contributed by atoms with Gasteiger partial charge in [0, 0.05) is 39.6 Å². The van der Waals surface area contributed by atoms with E-state index in [9.17, 15) is 0 Å². The van der Waals surface area contributed by atoms with Gasteiger partial charge in [0.1, 0.15) is 4.33 Å². The van der Waals surface area contributed by atoms with E-state index in [-0.39, 0.29) is 26.5 Å². The molecule has 4 N–H and O–H groups in total. The van der Waals surface area contributed by atoms with E-state index < -0.39 is 4.33 Å². The van der Waals surface area contributed by atoms with Crippen molar-refractivity contribution < 1.29 is 21.1 Å². The Morgan fingerprint density at radius 2 is 1.55 bits per heavy atom. The standard InChI is InChI=1S/C6H12Cl2N2.Pt/c7-6(8)2-1-5(6,3-9)4-10;/h1-4,9-10H2;. The van der Waals surface area contributed by atoms with Crippen molar-refractivity contribution in [1.82, 2.24) is 0 Å². The van der Waals surface area contributed by atoms with Crippen molar-refractivity contribution >= 4 is 23.2 Å². The largest absolute Gasteiger partial charge is 0.330 e. The fraction of sp³-hybridized carbons (Fsp3) is 1.00. The van der Waals surface area contributed by atoms with E-state index in [1.807, 2.05) is 0 Å². The molecule has 70 valence electrons. The normalized spacial score (nSPS) is 25.1. The van der Waals surface area contributed by atoms with Crippen LogP contribution in [-0.2, 0) is 21.1 Å². The van der Waals surface area contributed by atoms with Crippen molar-refractivity contribution in [2.24, 2.45) is 16.9 Å². The maximum absolute atomic E-state index is 5.93. The Morgan fingerprint density at radius 3 is 1.55 bits per heavy atom. The molecule has 1 saturated carbocycles. The first kappa shape index (κ1) is 12.2. The summed E-state index contributed by atoms with van der Waals surface area (Å²) in [5.74, 6) is 0. The molecule has 0 aliphatic heterocycles. The maximum Gasteiger partial charge on any atom is 0.126 e. The summed E-state index contributed by atoms with van der Waals surface area (Å²) < 4.78 is -0.670. The minimum atomic E-state index is -0.670. The molecule has 1 aliphatic carbocycles. The van der Waals surface area contributed by atoms with Gasteiger partial charge in [0.15, 0.2) is 0 Å². The Morgan fingerprint density at radius 1 is 1.09 bits per heavy atom. The molecule has 0 spiro atoms. The van der Waals surface area contributed by atoms with Gasteiger partial charge < -0.3 is 11.5 Å². The van der Waals surface area contributed by atoms with Gasteiger partial charge in [0.05, 0.1) is 0 Å². The molecule has 0 aromatic heterocycles. The van der Waals surface area contributed by atoms with Crippen LogP contribution in [0.4, 0.5) is 0 Å². The second-order valence-electron chi connectivity index (χ2n) is 2.89. The summed E-state index contributed by atoms with van der Waals surface area (Å²) in [6.07, 6.45) is 1.76. The number of nitrogens with two attached hydrogens (primary N) is 2. The zero-order chi connectivity index (χ0) is 7.83. The van der Waals surface area contributed by atoms with Gasteiger partial charge in [-0.25, -0.2) is 0 Å². The van der Waals surface area contributed by atoms with Crippen molar-refractivity contribution in [2.75, 3.05) is 13.1 Å². The molecule has 1 aliphatic rings. The summed E-state index contributed by atoms with van der Waals surface area (Å²) in [4.78, 5) is 0. The van der Waals surface area contributed by atoms with E-state index in [0.717, 1.165) is 12.8 Å². The van der Waals surface area contributed by atoms with E-state index in [0.29, 0.717) is 13.1 Å². The molecular weight excluding hydrogens is 366 g/mol. The molecule has 0 aromatic rings. The smallest absolute Gasteiger partial charge is 0.126 e. The van der Waals surface area contributed by atoms with Crippen LogP contribution < -0.4 is 11.5 Å². The van der Waals surface area contributed by atoms with Crippen molar-refractivity contribution in [1.29, 1.82) is 0 Å². The van der Waals surface area contributed by atoms with Crippen LogP contribution in [0.2, 0.25) is 0 Å². The minimum absolute atomic E-state index is 0. The van der Waals surface area contributed by atoms with Gasteiger partial charge in [-0.05, 0) is 12.8 Å². The van der Waals surface area contributed by atoms with Gasteiger partial charge in [-0.3, -0.25) is 0 Å². The molecule has 2 nitrogen and oxygen atoms in total. The Bertz CT molecular complexity index is 131. The van der Waals surface area contributed by atoms with Crippen LogP contribution in [0.15, 0.2) is 0 Å². The average Bonchev–Trinajstić information content (AvgIpc) is 1.89. The molecule has 0 saturated heterocycles. The molecule has 0 unspecified atom stereocenters.